The molecule has 25 heavy (non-hydrogen) atoms. The maximum atomic E-state index is 12.6. The van der Waals surface area contributed by atoms with E-state index in [-0.39, 0.29) is 5.92 Å². The van der Waals surface area contributed by atoms with Crippen LogP contribution in [-0.2, 0) is 4.79 Å². The van der Waals surface area contributed by atoms with Crippen molar-refractivity contribution in [3.05, 3.63) is 18.2 Å². The third-order valence-corrected chi connectivity index (χ3v) is 5.22. The average molecular weight is 347 g/mol. The lowest BCUT2D eigenvalue weighted by atomic mass is 9.95. The zero-order valence-corrected chi connectivity index (χ0v) is 15.2. The number of piperidine rings is 2. The van der Waals surface area contributed by atoms with Gasteiger partial charge in [0.1, 0.15) is 11.5 Å². The molecule has 2 fully saturated rings. The highest BCUT2D eigenvalue weighted by Crippen LogP contribution is 2.28. The second kappa shape index (κ2) is 8.43. The van der Waals surface area contributed by atoms with Gasteiger partial charge in [-0.25, -0.2) is 0 Å². The largest absolute Gasteiger partial charge is 0.497 e. The van der Waals surface area contributed by atoms with Crippen LogP contribution in [0.3, 0.4) is 0 Å². The van der Waals surface area contributed by atoms with E-state index in [1.807, 2.05) is 18.2 Å². The summed E-state index contributed by atoms with van der Waals surface area (Å²) >= 11 is 0. The van der Waals surface area contributed by atoms with Gasteiger partial charge in [0.2, 0.25) is 5.91 Å². The molecule has 138 valence electrons. The highest BCUT2D eigenvalue weighted by molar-refractivity contribution is 5.79. The molecule has 1 amide bonds. The van der Waals surface area contributed by atoms with Gasteiger partial charge in [0.15, 0.2) is 0 Å². The second-order valence-corrected chi connectivity index (χ2v) is 6.87. The molecule has 3 rings (SSSR count). The van der Waals surface area contributed by atoms with Gasteiger partial charge < -0.3 is 25.0 Å². The molecule has 2 aliphatic heterocycles. The summed E-state index contributed by atoms with van der Waals surface area (Å²) in [5, 5.41) is 6.89. The minimum atomic E-state index is 0.216. The number of carbonyl (C=O) groups excluding carboxylic acids is 1. The number of amides is 1. The Kier molecular flexibility index (Phi) is 6.02. The predicted octanol–water partition coefficient (Wildman–Crippen LogP) is 2.11. The van der Waals surface area contributed by atoms with Gasteiger partial charge in [0.25, 0.3) is 0 Å². The summed E-state index contributed by atoms with van der Waals surface area (Å²) in [6.45, 7) is 3.60. The molecule has 1 aromatic rings. The minimum absolute atomic E-state index is 0.216. The van der Waals surface area contributed by atoms with Crippen LogP contribution in [0.4, 0.5) is 5.69 Å². The minimum Gasteiger partial charge on any atom is -0.497 e. The van der Waals surface area contributed by atoms with E-state index in [0.29, 0.717) is 11.9 Å². The molecule has 0 radical (unpaired) electrons. The van der Waals surface area contributed by atoms with Crippen molar-refractivity contribution in [3.63, 3.8) is 0 Å². The van der Waals surface area contributed by atoms with Gasteiger partial charge in [-0.15, -0.1) is 0 Å². The van der Waals surface area contributed by atoms with E-state index in [0.717, 1.165) is 69.0 Å². The van der Waals surface area contributed by atoms with Gasteiger partial charge >= 0.3 is 0 Å². The summed E-state index contributed by atoms with van der Waals surface area (Å²) in [5.74, 6) is 2.12. The fraction of sp³-hybridized carbons (Fsp3) is 0.632. The van der Waals surface area contributed by atoms with Gasteiger partial charge in [-0.05, 0) is 38.8 Å². The molecule has 1 aromatic carbocycles. The number of rotatable bonds is 5. The van der Waals surface area contributed by atoms with Crippen molar-refractivity contribution < 1.29 is 14.3 Å². The average Bonchev–Trinajstić information content (AvgIpc) is 2.68. The second-order valence-electron chi connectivity index (χ2n) is 6.87. The summed E-state index contributed by atoms with van der Waals surface area (Å²) in [6.07, 6.45) is 3.88. The summed E-state index contributed by atoms with van der Waals surface area (Å²) in [6, 6.07) is 6.20. The Labute approximate surface area is 149 Å². The predicted molar refractivity (Wildman–Crippen MR) is 98.4 cm³/mol. The van der Waals surface area contributed by atoms with E-state index >= 15 is 0 Å². The number of nitrogens with one attached hydrogen (secondary N) is 2. The van der Waals surface area contributed by atoms with Crippen LogP contribution in [-0.4, -0.2) is 57.2 Å². The highest BCUT2D eigenvalue weighted by atomic mass is 16.5. The molecule has 6 nitrogen and oxygen atoms in total. The van der Waals surface area contributed by atoms with Crippen molar-refractivity contribution >= 4 is 11.6 Å². The molecular formula is C19H29N3O3. The van der Waals surface area contributed by atoms with E-state index in [4.69, 9.17) is 9.47 Å². The number of likely N-dealkylation sites (tertiary alicyclic amines) is 1. The Bertz CT molecular complexity index is 557. The van der Waals surface area contributed by atoms with Crippen molar-refractivity contribution in [2.24, 2.45) is 5.92 Å². The van der Waals surface area contributed by atoms with Crippen molar-refractivity contribution in [1.29, 1.82) is 0 Å². The van der Waals surface area contributed by atoms with Crippen LogP contribution in [0.15, 0.2) is 18.2 Å². The number of carbonyl (C=O) groups is 1. The smallest absolute Gasteiger partial charge is 0.225 e. The molecular weight excluding hydrogens is 318 g/mol. The van der Waals surface area contributed by atoms with Crippen LogP contribution in [0, 0.1) is 5.92 Å². The lowest BCUT2D eigenvalue weighted by molar-refractivity contribution is -0.137. The Morgan fingerprint density at radius 1 is 1.04 bits per heavy atom. The first kappa shape index (κ1) is 17.9. The maximum Gasteiger partial charge on any atom is 0.225 e. The fourth-order valence-electron chi connectivity index (χ4n) is 3.70. The molecule has 0 saturated carbocycles. The lowest BCUT2D eigenvalue weighted by Gasteiger charge is -2.36. The monoisotopic (exact) mass is 347 g/mol. The SMILES string of the molecule is COc1cc(NC2CCN(C(=O)C3CCNCC3)CC2)cc(OC)c1. The number of anilines is 1. The number of hydrogen-bond donors (Lipinski definition) is 2. The van der Waals surface area contributed by atoms with Gasteiger partial charge in [-0.1, -0.05) is 0 Å². The fourth-order valence-corrected chi connectivity index (χ4v) is 3.70. The number of methoxy groups -OCH3 is 2. The first-order valence-corrected chi connectivity index (χ1v) is 9.18. The summed E-state index contributed by atoms with van der Waals surface area (Å²) in [4.78, 5) is 14.7. The molecule has 2 N–H and O–H groups in total. The molecule has 0 aromatic heterocycles. The summed E-state index contributed by atoms with van der Waals surface area (Å²) in [5.41, 5.74) is 0.999. The molecule has 0 spiro atoms. The van der Waals surface area contributed by atoms with Crippen LogP contribution in [0.25, 0.3) is 0 Å². The van der Waals surface area contributed by atoms with Crippen LogP contribution in [0.2, 0.25) is 0 Å². The number of ether oxygens (including phenoxy) is 2. The molecule has 0 bridgehead atoms. The van der Waals surface area contributed by atoms with Gasteiger partial charge in [-0.2, -0.15) is 0 Å². The van der Waals surface area contributed by atoms with Gasteiger partial charge in [0.05, 0.1) is 14.2 Å². The van der Waals surface area contributed by atoms with Crippen LogP contribution < -0.4 is 20.1 Å². The Morgan fingerprint density at radius 2 is 1.64 bits per heavy atom. The number of hydrogen-bond acceptors (Lipinski definition) is 5. The number of nitrogens with zero attached hydrogens (tertiary/aromatic N) is 1. The topological polar surface area (TPSA) is 62.8 Å². The van der Waals surface area contributed by atoms with E-state index in [1.165, 1.54) is 0 Å². The maximum absolute atomic E-state index is 12.6. The van der Waals surface area contributed by atoms with Crippen LogP contribution >= 0.6 is 0 Å². The molecule has 2 aliphatic rings. The molecule has 0 atom stereocenters. The normalized spacial score (nSPS) is 19.5. The molecule has 2 saturated heterocycles. The zero-order valence-electron chi connectivity index (χ0n) is 15.2. The van der Waals surface area contributed by atoms with Crippen LogP contribution in [0.5, 0.6) is 11.5 Å². The van der Waals surface area contributed by atoms with Crippen molar-refractivity contribution in [2.75, 3.05) is 45.7 Å². The molecule has 6 heteroatoms. The van der Waals surface area contributed by atoms with E-state index < -0.39 is 0 Å². The lowest BCUT2D eigenvalue weighted by Crippen LogP contribution is -2.46. The summed E-state index contributed by atoms with van der Waals surface area (Å²) < 4.78 is 10.6. The first-order chi connectivity index (χ1) is 12.2. The Hall–Kier alpha value is -1.95. The molecule has 0 unspecified atom stereocenters. The Balaban J connectivity index is 1.53. The number of benzene rings is 1. The van der Waals surface area contributed by atoms with Crippen molar-refractivity contribution in [2.45, 2.75) is 31.7 Å². The summed E-state index contributed by atoms with van der Waals surface area (Å²) in [7, 11) is 3.31. The quantitative estimate of drug-likeness (QED) is 0.854. The standard InChI is InChI=1S/C19H29N3O3/c1-24-17-11-16(12-18(13-17)25-2)21-15-5-9-22(10-6-15)19(23)14-3-7-20-8-4-14/h11-15,20-21H,3-10H2,1-2H3. The Morgan fingerprint density at radius 3 is 2.20 bits per heavy atom. The van der Waals surface area contributed by atoms with E-state index in [2.05, 4.69) is 15.5 Å². The highest BCUT2D eigenvalue weighted by Gasteiger charge is 2.29. The van der Waals surface area contributed by atoms with Gasteiger partial charge in [-0.3, -0.25) is 4.79 Å². The first-order valence-electron chi connectivity index (χ1n) is 9.18. The third-order valence-electron chi connectivity index (χ3n) is 5.22. The van der Waals surface area contributed by atoms with Gasteiger partial charge in [0, 0.05) is 48.9 Å². The van der Waals surface area contributed by atoms with E-state index in [9.17, 15) is 4.79 Å². The van der Waals surface area contributed by atoms with E-state index in [1.54, 1.807) is 14.2 Å². The van der Waals surface area contributed by atoms with Crippen LogP contribution in [0.1, 0.15) is 25.7 Å². The molecule has 2 heterocycles. The van der Waals surface area contributed by atoms with Crippen molar-refractivity contribution in [1.82, 2.24) is 10.2 Å². The molecule has 0 aliphatic carbocycles. The third kappa shape index (κ3) is 4.57. The van der Waals surface area contributed by atoms with Crippen molar-refractivity contribution in [3.8, 4) is 11.5 Å². The zero-order chi connectivity index (χ0) is 17.6.